The third-order valence-electron chi connectivity index (χ3n) is 11.7. The Morgan fingerprint density at radius 1 is 0.632 bits per heavy atom. The maximum atomic E-state index is 14.6. The number of hydrogen-bond acceptors (Lipinski definition) is 9. The zero-order valence-corrected chi connectivity index (χ0v) is 39.1. The average molecular weight is 981 g/mol. The number of rotatable bonds is 12. The molecule has 68 heavy (non-hydrogen) atoms. The molecule has 4 aromatic carbocycles. The minimum Gasteiger partial charge on any atom is -0.359 e. The van der Waals surface area contributed by atoms with Crippen molar-refractivity contribution in [1.82, 2.24) is 33.9 Å². The van der Waals surface area contributed by atoms with Crippen molar-refractivity contribution in [2.75, 3.05) is 13.6 Å². The van der Waals surface area contributed by atoms with Crippen LogP contribution in [0.15, 0.2) is 153 Å². The van der Waals surface area contributed by atoms with Gasteiger partial charge in [-0.05, 0) is 30.3 Å². The molecule has 0 unspecified atom stereocenters. The van der Waals surface area contributed by atoms with Gasteiger partial charge < -0.3 is 10.6 Å². The summed E-state index contributed by atoms with van der Waals surface area (Å²) in [5.74, 6) is -0.712. The summed E-state index contributed by atoms with van der Waals surface area (Å²) in [6.07, 6.45) is 6.46. The van der Waals surface area contributed by atoms with Crippen molar-refractivity contribution in [3.63, 3.8) is 0 Å². The van der Waals surface area contributed by atoms with E-state index in [0.717, 1.165) is 14.5 Å². The Hall–Kier alpha value is -7.50. The van der Waals surface area contributed by atoms with Crippen molar-refractivity contribution < 1.29 is 14.2 Å². The fourth-order valence-corrected chi connectivity index (χ4v) is 11.3. The number of hydrogen-bond donors (Lipinski definition) is 2. The van der Waals surface area contributed by atoms with Crippen LogP contribution in [0.4, 0.5) is 0 Å². The monoisotopic (exact) mass is 979 g/mol. The van der Waals surface area contributed by atoms with E-state index in [9.17, 15) is 28.8 Å². The number of thiophene rings is 2. The van der Waals surface area contributed by atoms with Gasteiger partial charge in [-0.2, -0.15) is 4.57 Å². The lowest BCUT2D eigenvalue weighted by atomic mass is 10.1. The first-order valence-corrected chi connectivity index (χ1v) is 23.7. The zero-order chi connectivity index (χ0) is 47.2. The first-order chi connectivity index (χ1) is 33.0. The Balaban J connectivity index is 1.01. The summed E-state index contributed by atoms with van der Waals surface area (Å²) >= 11 is 15.6. The molecule has 6 aromatic heterocycles. The molecule has 10 rings (SSSR count). The highest BCUT2D eigenvalue weighted by Crippen LogP contribution is 2.37. The minimum atomic E-state index is -0.661. The quantitative estimate of drug-likeness (QED) is 0.121. The molecule has 10 aromatic rings. The van der Waals surface area contributed by atoms with E-state index in [1.165, 1.54) is 45.1 Å². The van der Waals surface area contributed by atoms with E-state index >= 15 is 0 Å². The lowest BCUT2D eigenvalue weighted by Crippen LogP contribution is -2.46. The van der Waals surface area contributed by atoms with Crippen LogP contribution < -0.4 is 37.7 Å². The molecule has 0 fully saturated rings. The van der Waals surface area contributed by atoms with Crippen molar-refractivity contribution >= 4 is 99.7 Å². The van der Waals surface area contributed by atoms with E-state index < -0.39 is 28.4 Å². The summed E-state index contributed by atoms with van der Waals surface area (Å²) in [6, 6.07) is 32.5. The number of fused-ring (bicyclic) bond motifs is 4. The number of nitrogens with zero attached hydrogens (tertiary/aromatic N) is 6. The van der Waals surface area contributed by atoms with Crippen molar-refractivity contribution in [3.05, 3.63) is 186 Å². The SMILES string of the molecule is CNC(=O)CCn1c(=O)n(-c2c[n+](CC(=O)NCCn3c(=O)n(-c4cncc5ccccc45)c(=O)c4sc(-c5ccccc5Cl)cc43)cc3ccccc23)c(=O)c2sc(-c3ccccc3Cl)cc21. The summed E-state index contributed by atoms with van der Waals surface area (Å²) < 4.78 is 7.30. The van der Waals surface area contributed by atoms with E-state index in [2.05, 4.69) is 15.6 Å². The van der Waals surface area contributed by atoms with Gasteiger partial charge in [0.1, 0.15) is 15.1 Å². The van der Waals surface area contributed by atoms with Gasteiger partial charge in [0.05, 0.1) is 22.9 Å². The van der Waals surface area contributed by atoms with E-state index in [0.29, 0.717) is 68.5 Å². The van der Waals surface area contributed by atoms with Gasteiger partial charge in [-0.15, -0.1) is 22.7 Å². The van der Waals surface area contributed by atoms with Crippen LogP contribution in [0, 0.1) is 0 Å². The van der Waals surface area contributed by atoms with Crippen LogP contribution in [-0.2, 0) is 29.2 Å². The van der Waals surface area contributed by atoms with Crippen LogP contribution in [0.2, 0.25) is 10.0 Å². The predicted octanol–water partition coefficient (Wildman–Crippen LogP) is 7.32. The van der Waals surface area contributed by atoms with Crippen LogP contribution in [0.3, 0.4) is 0 Å². The maximum absolute atomic E-state index is 14.6. The molecule has 6 heterocycles. The van der Waals surface area contributed by atoms with Crippen molar-refractivity contribution in [2.24, 2.45) is 0 Å². The smallest absolute Gasteiger partial charge is 0.336 e. The highest BCUT2D eigenvalue weighted by atomic mass is 35.5. The van der Waals surface area contributed by atoms with Crippen LogP contribution in [0.25, 0.3) is 74.2 Å². The van der Waals surface area contributed by atoms with Gasteiger partial charge in [0.2, 0.25) is 12.5 Å². The fourth-order valence-electron chi connectivity index (χ4n) is 8.44. The van der Waals surface area contributed by atoms with Gasteiger partial charge in [-0.3, -0.25) is 33.3 Å². The second kappa shape index (κ2) is 18.3. The molecule has 0 atom stereocenters. The number of amides is 2. The van der Waals surface area contributed by atoms with Gasteiger partial charge in [0.25, 0.3) is 17.0 Å². The molecule has 18 heteroatoms. The van der Waals surface area contributed by atoms with E-state index in [1.54, 1.807) is 65.6 Å². The standard InChI is InChI=1S/C50H36Cl2N8O6S2/c1-53-43(61)18-20-57-37-22-41(33-14-6-8-16-35(33)51)67-45(37)48(64)60(49(57)65)40-27-56(26-30-11-3-5-13-32(30)40)28-44(62)55-19-21-58-38-23-42(34-15-7-9-17-36(34)52)68-46(38)47(63)59(50(58)66)39-25-54-24-29-10-2-4-12-31(29)39/h2-17,22-27H,18-21,28H2,1H3,(H-,53,55,61,62)/p+1. The lowest BCUT2D eigenvalue weighted by molar-refractivity contribution is -0.682. The van der Waals surface area contributed by atoms with E-state index in [-0.39, 0.29) is 48.9 Å². The van der Waals surface area contributed by atoms with Crippen molar-refractivity contribution in [3.8, 4) is 32.3 Å². The number of carbonyl (C=O) groups excluding carboxylic acids is 2. The molecular formula is C50H37Cl2N8O6S2+. The molecule has 2 N–H and O–H groups in total. The third kappa shape index (κ3) is 8.00. The molecule has 14 nitrogen and oxygen atoms in total. The molecular weight excluding hydrogens is 944 g/mol. The molecule has 0 spiro atoms. The van der Waals surface area contributed by atoms with Gasteiger partial charge in [0.15, 0.2) is 12.4 Å². The summed E-state index contributed by atoms with van der Waals surface area (Å²) in [7, 11) is 1.51. The summed E-state index contributed by atoms with van der Waals surface area (Å²) in [5.41, 5.74) is 0.366. The average Bonchev–Trinajstić information content (AvgIpc) is 3.99. The van der Waals surface area contributed by atoms with Gasteiger partial charge in [-0.25, -0.2) is 18.7 Å². The Morgan fingerprint density at radius 3 is 1.76 bits per heavy atom. The van der Waals surface area contributed by atoms with E-state index in [1.807, 2.05) is 66.7 Å². The second-order valence-electron chi connectivity index (χ2n) is 15.8. The Kier molecular flexibility index (Phi) is 11.9. The number of pyridine rings is 2. The maximum Gasteiger partial charge on any atom is 0.336 e. The molecule has 2 amide bonds. The molecule has 338 valence electrons. The molecule has 0 bridgehead atoms. The fraction of sp³-hybridized carbons (Fsp3) is 0.120. The number of nitrogens with one attached hydrogen (secondary N) is 2. The first-order valence-electron chi connectivity index (χ1n) is 21.3. The van der Waals surface area contributed by atoms with Crippen molar-refractivity contribution in [2.45, 2.75) is 26.1 Å². The second-order valence-corrected chi connectivity index (χ2v) is 18.7. The molecule has 0 saturated heterocycles. The predicted molar refractivity (Wildman–Crippen MR) is 269 cm³/mol. The summed E-state index contributed by atoms with van der Waals surface area (Å²) in [4.78, 5) is 90.1. The van der Waals surface area contributed by atoms with E-state index in [4.69, 9.17) is 23.2 Å². The number of aromatic nitrogens is 6. The minimum absolute atomic E-state index is 0.00356. The van der Waals surface area contributed by atoms with Gasteiger partial charge >= 0.3 is 11.4 Å². The highest BCUT2D eigenvalue weighted by molar-refractivity contribution is 7.22. The Labute approximate surface area is 403 Å². The summed E-state index contributed by atoms with van der Waals surface area (Å²) in [6.45, 7) is -0.250. The van der Waals surface area contributed by atoms with Crippen LogP contribution in [0.1, 0.15) is 6.42 Å². The topological polar surface area (TPSA) is 163 Å². The number of halogens is 2. The van der Waals surface area contributed by atoms with Gasteiger partial charge in [0, 0.05) is 91.8 Å². The molecule has 0 aliphatic carbocycles. The zero-order valence-electron chi connectivity index (χ0n) is 35.9. The third-order valence-corrected chi connectivity index (χ3v) is 14.7. The van der Waals surface area contributed by atoms with Crippen LogP contribution >= 0.6 is 45.9 Å². The number of aryl methyl sites for hydroxylation is 1. The summed E-state index contributed by atoms with van der Waals surface area (Å²) in [5, 5.41) is 9.12. The largest absolute Gasteiger partial charge is 0.359 e. The van der Waals surface area contributed by atoms with Crippen LogP contribution in [0.5, 0.6) is 0 Å². The number of benzene rings is 4. The van der Waals surface area contributed by atoms with Crippen molar-refractivity contribution in [1.29, 1.82) is 0 Å². The molecule has 0 saturated carbocycles. The first kappa shape index (κ1) is 44.3. The van der Waals surface area contributed by atoms with Gasteiger partial charge in [-0.1, -0.05) is 102 Å². The number of carbonyl (C=O) groups is 2. The Bertz CT molecular complexity index is 3940. The molecule has 0 aliphatic rings. The normalized spacial score (nSPS) is 11.5. The molecule has 0 aliphatic heterocycles. The highest BCUT2D eigenvalue weighted by Gasteiger charge is 2.25. The lowest BCUT2D eigenvalue weighted by Gasteiger charge is -2.14. The molecule has 0 radical (unpaired) electrons. The Morgan fingerprint density at radius 2 is 1.16 bits per heavy atom. The van der Waals surface area contributed by atoms with Crippen LogP contribution in [-0.4, -0.2) is 48.7 Å².